The average Bonchev–Trinajstić information content (AvgIpc) is 2.49. The summed E-state index contributed by atoms with van der Waals surface area (Å²) in [6.07, 6.45) is 1.58. The zero-order valence-electron chi connectivity index (χ0n) is 11.7. The number of aryl methyl sites for hydroxylation is 1. The standard InChI is InChI=1S/C16H17N3O/c1-13-5-3-4-6-15(13)20-10-9-19(2)16-8-7-14(11-17)12-18-16/h3-8,12H,9-10H2,1-2H3. The zero-order chi connectivity index (χ0) is 14.4. The summed E-state index contributed by atoms with van der Waals surface area (Å²) in [6, 6.07) is 13.6. The highest BCUT2D eigenvalue weighted by molar-refractivity contribution is 5.41. The minimum absolute atomic E-state index is 0.568. The number of aromatic nitrogens is 1. The Morgan fingerprint density at radius 2 is 2.05 bits per heavy atom. The van der Waals surface area contributed by atoms with Gasteiger partial charge in [-0.3, -0.25) is 0 Å². The summed E-state index contributed by atoms with van der Waals surface area (Å²) in [5, 5.41) is 8.74. The molecule has 0 radical (unpaired) electrons. The quantitative estimate of drug-likeness (QED) is 0.835. The monoisotopic (exact) mass is 267 g/mol. The van der Waals surface area contributed by atoms with Gasteiger partial charge in [-0.2, -0.15) is 5.26 Å². The van der Waals surface area contributed by atoms with Crippen LogP contribution in [0.1, 0.15) is 11.1 Å². The van der Waals surface area contributed by atoms with Gasteiger partial charge in [-0.15, -0.1) is 0 Å². The highest BCUT2D eigenvalue weighted by Crippen LogP contribution is 2.16. The summed E-state index contributed by atoms with van der Waals surface area (Å²) in [7, 11) is 1.95. The molecule has 1 aromatic heterocycles. The fourth-order valence-corrected chi connectivity index (χ4v) is 1.80. The predicted molar refractivity (Wildman–Crippen MR) is 78.9 cm³/mol. The van der Waals surface area contributed by atoms with Crippen molar-refractivity contribution in [2.45, 2.75) is 6.92 Å². The van der Waals surface area contributed by atoms with Crippen molar-refractivity contribution in [3.63, 3.8) is 0 Å². The van der Waals surface area contributed by atoms with Crippen molar-refractivity contribution >= 4 is 5.82 Å². The predicted octanol–water partition coefficient (Wildman–Crippen LogP) is 2.78. The fourth-order valence-electron chi connectivity index (χ4n) is 1.80. The molecule has 0 unspecified atom stereocenters. The molecule has 0 aliphatic carbocycles. The Hall–Kier alpha value is -2.54. The molecule has 20 heavy (non-hydrogen) atoms. The Bertz CT molecular complexity index is 602. The van der Waals surface area contributed by atoms with Gasteiger partial charge in [0.2, 0.25) is 0 Å². The lowest BCUT2D eigenvalue weighted by Gasteiger charge is -2.18. The molecule has 1 heterocycles. The average molecular weight is 267 g/mol. The molecule has 0 saturated heterocycles. The molecule has 4 heteroatoms. The van der Waals surface area contributed by atoms with E-state index in [0.717, 1.165) is 23.7 Å². The molecular weight excluding hydrogens is 250 g/mol. The molecular formula is C16H17N3O. The van der Waals surface area contributed by atoms with E-state index in [9.17, 15) is 0 Å². The largest absolute Gasteiger partial charge is 0.491 e. The van der Waals surface area contributed by atoms with E-state index in [0.29, 0.717) is 12.2 Å². The van der Waals surface area contributed by atoms with Crippen LogP contribution in [0.3, 0.4) is 0 Å². The van der Waals surface area contributed by atoms with Gasteiger partial charge in [0.05, 0.1) is 12.1 Å². The number of pyridine rings is 1. The number of ether oxygens (including phenoxy) is 1. The third-order valence-corrected chi connectivity index (χ3v) is 3.05. The van der Waals surface area contributed by atoms with Crippen molar-refractivity contribution in [1.82, 2.24) is 4.98 Å². The molecule has 102 valence electrons. The topological polar surface area (TPSA) is 49.1 Å². The van der Waals surface area contributed by atoms with Crippen LogP contribution < -0.4 is 9.64 Å². The summed E-state index contributed by atoms with van der Waals surface area (Å²) in [5.41, 5.74) is 1.70. The lowest BCUT2D eigenvalue weighted by Crippen LogP contribution is -2.24. The Morgan fingerprint density at radius 1 is 1.25 bits per heavy atom. The van der Waals surface area contributed by atoms with E-state index in [2.05, 4.69) is 11.1 Å². The summed E-state index contributed by atoms with van der Waals surface area (Å²) >= 11 is 0. The maximum absolute atomic E-state index is 8.74. The second-order valence-electron chi connectivity index (χ2n) is 4.55. The van der Waals surface area contributed by atoms with Crippen LogP contribution >= 0.6 is 0 Å². The number of likely N-dealkylation sites (N-methyl/N-ethyl adjacent to an activating group) is 1. The molecule has 0 N–H and O–H groups in total. The number of nitrogens with zero attached hydrogens (tertiary/aromatic N) is 3. The number of hydrogen-bond acceptors (Lipinski definition) is 4. The first kappa shape index (κ1) is 13.9. The number of rotatable bonds is 5. The van der Waals surface area contributed by atoms with Crippen molar-refractivity contribution in [3.05, 3.63) is 53.7 Å². The van der Waals surface area contributed by atoms with Crippen LogP contribution in [0.15, 0.2) is 42.6 Å². The summed E-state index contributed by atoms with van der Waals surface area (Å²) < 4.78 is 5.75. The molecule has 1 aromatic carbocycles. The summed E-state index contributed by atoms with van der Waals surface area (Å²) in [6.45, 7) is 3.34. The highest BCUT2D eigenvalue weighted by atomic mass is 16.5. The van der Waals surface area contributed by atoms with E-state index < -0.39 is 0 Å². The number of nitriles is 1. The van der Waals surface area contributed by atoms with E-state index >= 15 is 0 Å². The SMILES string of the molecule is Cc1ccccc1OCCN(C)c1ccc(C#N)cn1. The number of para-hydroxylation sites is 1. The van der Waals surface area contributed by atoms with Crippen molar-refractivity contribution in [2.24, 2.45) is 0 Å². The van der Waals surface area contributed by atoms with Crippen LogP contribution in [0, 0.1) is 18.3 Å². The smallest absolute Gasteiger partial charge is 0.128 e. The minimum atomic E-state index is 0.568. The van der Waals surface area contributed by atoms with Crippen LogP contribution in [0.2, 0.25) is 0 Å². The van der Waals surface area contributed by atoms with Crippen LogP contribution in [0.25, 0.3) is 0 Å². The molecule has 4 nitrogen and oxygen atoms in total. The molecule has 0 bridgehead atoms. The van der Waals surface area contributed by atoms with Gasteiger partial charge in [-0.25, -0.2) is 4.98 Å². The van der Waals surface area contributed by atoms with Crippen molar-refractivity contribution in [3.8, 4) is 11.8 Å². The maximum Gasteiger partial charge on any atom is 0.128 e. The van der Waals surface area contributed by atoms with E-state index in [1.54, 1.807) is 12.3 Å². The lowest BCUT2D eigenvalue weighted by molar-refractivity contribution is 0.323. The maximum atomic E-state index is 8.74. The molecule has 2 rings (SSSR count). The van der Waals surface area contributed by atoms with Crippen LogP contribution in [-0.4, -0.2) is 25.2 Å². The highest BCUT2D eigenvalue weighted by Gasteiger charge is 2.03. The Balaban J connectivity index is 1.87. The molecule has 0 fully saturated rings. The van der Waals surface area contributed by atoms with Gasteiger partial charge in [0.1, 0.15) is 24.2 Å². The second-order valence-corrected chi connectivity index (χ2v) is 4.55. The van der Waals surface area contributed by atoms with Gasteiger partial charge in [-0.1, -0.05) is 18.2 Å². The van der Waals surface area contributed by atoms with Gasteiger partial charge in [0.15, 0.2) is 0 Å². The molecule has 0 saturated carbocycles. The third kappa shape index (κ3) is 3.48. The summed E-state index contributed by atoms with van der Waals surface area (Å²) in [5.74, 6) is 1.74. The van der Waals surface area contributed by atoms with E-state index in [1.807, 2.05) is 49.2 Å². The van der Waals surface area contributed by atoms with Crippen LogP contribution in [-0.2, 0) is 0 Å². The minimum Gasteiger partial charge on any atom is -0.491 e. The molecule has 0 atom stereocenters. The van der Waals surface area contributed by atoms with E-state index in [1.165, 1.54) is 0 Å². The first-order valence-corrected chi connectivity index (χ1v) is 6.46. The summed E-state index contributed by atoms with van der Waals surface area (Å²) in [4.78, 5) is 6.24. The lowest BCUT2D eigenvalue weighted by atomic mass is 10.2. The number of hydrogen-bond donors (Lipinski definition) is 0. The van der Waals surface area contributed by atoms with Crippen LogP contribution in [0.4, 0.5) is 5.82 Å². The first-order chi connectivity index (χ1) is 9.70. The second kappa shape index (κ2) is 6.58. The normalized spacial score (nSPS) is 9.85. The fraction of sp³-hybridized carbons (Fsp3) is 0.250. The molecule has 2 aromatic rings. The molecule has 0 aliphatic rings. The van der Waals surface area contributed by atoms with Crippen molar-refractivity contribution in [2.75, 3.05) is 25.1 Å². The van der Waals surface area contributed by atoms with Crippen molar-refractivity contribution < 1.29 is 4.74 Å². The van der Waals surface area contributed by atoms with Gasteiger partial charge < -0.3 is 9.64 Å². The Morgan fingerprint density at radius 3 is 2.70 bits per heavy atom. The Kier molecular flexibility index (Phi) is 4.56. The molecule has 0 amide bonds. The van der Waals surface area contributed by atoms with Gasteiger partial charge in [-0.05, 0) is 30.7 Å². The molecule has 0 spiro atoms. The van der Waals surface area contributed by atoms with E-state index in [4.69, 9.17) is 10.00 Å². The van der Waals surface area contributed by atoms with Gasteiger partial charge in [0, 0.05) is 13.2 Å². The third-order valence-electron chi connectivity index (χ3n) is 3.05. The van der Waals surface area contributed by atoms with E-state index in [-0.39, 0.29) is 0 Å². The van der Waals surface area contributed by atoms with Crippen LogP contribution in [0.5, 0.6) is 5.75 Å². The van der Waals surface area contributed by atoms with Crippen molar-refractivity contribution in [1.29, 1.82) is 5.26 Å². The van der Waals surface area contributed by atoms with Gasteiger partial charge >= 0.3 is 0 Å². The number of anilines is 1. The first-order valence-electron chi connectivity index (χ1n) is 6.46. The Labute approximate surface area is 119 Å². The number of benzene rings is 1. The van der Waals surface area contributed by atoms with Gasteiger partial charge in [0.25, 0.3) is 0 Å². The zero-order valence-corrected chi connectivity index (χ0v) is 11.7. The molecule has 0 aliphatic heterocycles.